The van der Waals surface area contributed by atoms with E-state index in [0.717, 1.165) is 6.42 Å². The number of hydrogen-bond acceptors (Lipinski definition) is 3. The third-order valence-electron chi connectivity index (χ3n) is 1.88. The van der Waals surface area contributed by atoms with E-state index in [1.165, 1.54) is 12.1 Å². The molecule has 3 N–H and O–H groups in total. The molecule has 14 heavy (non-hydrogen) atoms. The lowest BCUT2D eigenvalue weighted by Crippen LogP contribution is -2.00. The van der Waals surface area contributed by atoms with Crippen LogP contribution >= 0.6 is 11.6 Å². The van der Waals surface area contributed by atoms with Crippen molar-refractivity contribution in [3.05, 3.63) is 22.7 Å². The first-order valence-corrected chi connectivity index (χ1v) is 4.75. The number of benzene rings is 1. The highest BCUT2D eigenvalue weighted by molar-refractivity contribution is 6.31. The van der Waals surface area contributed by atoms with E-state index in [1.54, 1.807) is 0 Å². The van der Waals surface area contributed by atoms with Crippen molar-refractivity contribution in [2.45, 2.75) is 19.8 Å². The Morgan fingerprint density at radius 3 is 2.79 bits per heavy atom. The zero-order chi connectivity index (χ0) is 10.7. The standard InChI is InChI=1S/C10H12ClNO2/c1-2-3-9(13)7-4-6(11)5-8(12)10(7)14/h4-5,14H,2-3,12H2,1H3. The molecule has 76 valence electrons. The first-order valence-electron chi connectivity index (χ1n) is 4.37. The van der Waals surface area contributed by atoms with Crippen molar-refractivity contribution < 1.29 is 9.90 Å². The highest BCUT2D eigenvalue weighted by Crippen LogP contribution is 2.30. The van der Waals surface area contributed by atoms with E-state index in [1.807, 2.05) is 6.92 Å². The van der Waals surface area contributed by atoms with Crippen LogP contribution in [0.4, 0.5) is 5.69 Å². The predicted octanol–water partition coefficient (Wildman–Crippen LogP) is 2.61. The van der Waals surface area contributed by atoms with Crippen LogP contribution in [0, 0.1) is 0 Å². The Balaban J connectivity index is 3.13. The van der Waals surface area contributed by atoms with Gasteiger partial charge in [-0.1, -0.05) is 18.5 Å². The Morgan fingerprint density at radius 2 is 2.21 bits per heavy atom. The molecule has 0 heterocycles. The van der Waals surface area contributed by atoms with E-state index in [-0.39, 0.29) is 22.8 Å². The molecule has 0 radical (unpaired) electrons. The summed E-state index contributed by atoms with van der Waals surface area (Å²) in [6.07, 6.45) is 1.11. The molecule has 0 aliphatic carbocycles. The fourth-order valence-electron chi connectivity index (χ4n) is 1.19. The molecule has 4 heteroatoms. The normalized spacial score (nSPS) is 10.1. The molecule has 0 saturated carbocycles. The number of carbonyl (C=O) groups is 1. The lowest BCUT2D eigenvalue weighted by molar-refractivity contribution is 0.0979. The van der Waals surface area contributed by atoms with Gasteiger partial charge in [-0.2, -0.15) is 0 Å². The number of ketones is 1. The monoisotopic (exact) mass is 213 g/mol. The van der Waals surface area contributed by atoms with Crippen molar-refractivity contribution in [2.75, 3.05) is 5.73 Å². The number of phenols is 1. The van der Waals surface area contributed by atoms with Crippen molar-refractivity contribution in [1.29, 1.82) is 0 Å². The van der Waals surface area contributed by atoms with Crippen LogP contribution in [0.1, 0.15) is 30.1 Å². The minimum atomic E-state index is -0.173. The number of rotatable bonds is 3. The van der Waals surface area contributed by atoms with Gasteiger partial charge in [-0.25, -0.2) is 0 Å². The molecule has 0 fully saturated rings. The van der Waals surface area contributed by atoms with Gasteiger partial charge in [-0.05, 0) is 18.6 Å². The summed E-state index contributed by atoms with van der Waals surface area (Å²) in [7, 11) is 0. The molecular weight excluding hydrogens is 202 g/mol. The summed E-state index contributed by atoms with van der Waals surface area (Å²) in [6.45, 7) is 1.89. The topological polar surface area (TPSA) is 63.3 Å². The van der Waals surface area contributed by atoms with Gasteiger partial charge in [0.25, 0.3) is 0 Å². The van der Waals surface area contributed by atoms with Crippen LogP contribution in [0.15, 0.2) is 12.1 Å². The zero-order valence-corrected chi connectivity index (χ0v) is 8.64. The quantitative estimate of drug-likeness (QED) is 0.461. The Hall–Kier alpha value is -1.22. The Labute approximate surface area is 87.5 Å². The van der Waals surface area contributed by atoms with Gasteiger partial charge in [0.05, 0.1) is 11.3 Å². The molecule has 0 bridgehead atoms. The van der Waals surface area contributed by atoms with Gasteiger partial charge in [-0.3, -0.25) is 4.79 Å². The number of Topliss-reactive ketones (excluding diaryl/α,β-unsaturated/α-hetero) is 1. The van der Waals surface area contributed by atoms with Gasteiger partial charge >= 0.3 is 0 Å². The lowest BCUT2D eigenvalue weighted by atomic mass is 10.1. The molecule has 0 amide bonds. The van der Waals surface area contributed by atoms with Crippen LogP contribution < -0.4 is 5.73 Å². The van der Waals surface area contributed by atoms with Crippen LogP contribution in [0.5, 0.6) is 5.75 Å². The third-order valence-corrected chi connectivity index (χ3v) is 2.10. The molecule has 1 aromatic rings. The Bertz CT molecular complexity index is 363. The van der Waals surface area contributed by atoms with Crippen LogP contribution in [0.3, 0.4) is 0 Å². The molecule has 0 spiro atoms. The van der Waals surface area contributed by atoms with Gasteiger partial charge in [-0.15, -0.1) is 0 Å². The zero-order valence-electron chi connectivity index (χ0n) is 7.88. The van der Waals surface area contributed by atoms with Crippen molar-refractivity contribution in [3.63, 3.8) is 0 Å². The number of carbonyl (C=O) groups excluding carboxylic acids is 1. The minimum absolute atomic E-state index is 0.136. The summed E-state index contributed by atoms with van der Waals surface area (Å²) in [5.41, 5.74) is 5.81. The Kier molecular flexibility index (Phi) is 3.36. The van der Waals surface area contributed by atoms with E-state index in [2.05, 4.69) is 0 Å². The van der Waals surface area contributed by atoms with Crippen LogP contribution in [0.2, 0.25) is 5.02 Å². The van der Waals surface area contributed by atoms with Crippen LogP contribution in [0.25, 0.3) is 0 Å². The number of hydrogen-bond donors (Lipinski definition) is 2. The van der Waals surface area contributed by atoms with Gasteiger partial charge in [0.2, 0.25) is 0 Å². The van der Waals surface area contributed by atoms with Crippen LogP contribution in [-0.2, 0) is 0 Å². The summed E-state index contributed by atoms with van der Waals surface area (Å²) in [5, 5.41) is 9.88. The number of nitrogen functional groups attached to an aromatic ring is 1. The number of nitrogens with two attached hydrogens (primary N) is 1. The van der Waals surface area contributed by atoms with Crippen molar-refractivity contribution in [2.24, 2.45) is 0 Å². The molecule has 0 aliphatic rings. The van der Waals surface area contributed by atoms with Crippen molar-refractivity contribution in [3.8, 4) is 5.75 Å². The molecule has 0 saturated heterocycles. The SMILES string of the molecule is CCCC(=O)c1cc(Cl)cc(N)c1O. The van der Waals surface area contributed by atoms with Gasteiger partial charge in [0.15, 0.2) is 5.78 Å². The summed E-state index contributed by atoms with van der Waals surface area (Å²) in [6, 6.07) is 2.85. The highest BCUT2D eigenvalue weighted by atomic mass is 35.5. The van der Waals surface area contributed by atoms with E-state index in [9.17, 15) is 9.90 Å². The average Bonchev–Trinajstić information content (AvgIpc) is 2.11. The van der Waals surface area contributed by atoms with E-state index < -0.39 is 0 Å². The number of phenolic OH excluding ortho intramolecular Hbond substituents is 1. The second-order valence-corrected chi connectivity index (χ2v) is 3.50. The van der Waals surface area contributed by atoms with Gasteiger partial charge in [0.1, 0.15) is 5.75 Å². The van der Waals surface area contributed by atoms with E-state index >= 15 is 0 Å². The lowest BCUT2D eigenvalue weighted by Gasteiger charge is -2.06. The summed E-state index contributed by atoms with van der Waals surface area (Å²) in [4.78, 5) is 11.5. The largest absolute Gasteiger partial charge is 0.505 e. The second-order valence-electron chi connectivity index (χ2n) is 3.06. The second kappa shape index (κ2) is 4.33. The summed E-state index contributed by atoms with van der Waals surface area (Å²) in [5.74, 6) is -0.313. The maximum atomic E-state index is 11.5. The maximum absolute atomic E-state index is 11.5. The molecule has 1 rings (SSSR count). The van der Waals surface area contributed by atoms with Gasteiger partial charge < -0.3 is 10.8 Å². The third kappa shape index (κ3) is 2.17. The van der Waals surface area contributed by atoms with Gasteiger partial charge in [0, 0.05) is 11.4 Å². The Morgan fingerprint density at radius 1 is 1.57 bits per heavy atom. The highest BCUT2D eigenvalue weighted by Gasteiger charge is 2.13. The molecule has 0 aliphatic heterocycles. The van der Waals surface area contributed by atoms with E-state index in [0.29, 0.717) is 11.4 Å². The average molecular weight is 214 g/mol. The first kappa shape index (κ1) is 10.9. The molecular formula is C10H12ClNO2. The summed E-state index contributed by atoms with van der Waals surface area (Å²) < 4.78 is 0. The van der Waals surface area contributed by atoms with E-state index in [4.69, 9.17) is 17.3 Å². The molecule has 0 unspecified atom stereocenters. The number of anilines is 1. The molecule has 3 nitrogen and oxygen atoms in total. The van der Waals surface area contributed by atoms with Crippen LogP contribution in [-0.4, -0.2) is 10.9 Å². The predicted molar refractivity (Wildman–Crippen MR) is 56.8 cm³/mol. The molecule has 1 aromatic carbocycles. The maximum Gasteiger partial charge on any atom is 0.166 e. The fraction of sp³-hybridized carbons (Fsp3) is 0.300. The number of halogens is 1. The first-order chi connectivity index (χ1) is 6.56. The molecule has 0 aromatic heterocycles. The smallest absolute Gasteiger partial charge is 0.166 e. The van der Waals surface area contributed by atoms with Crippen molar-refractivity contribution >= 4 is 23.1 Å². The molecule has 0 atom stereocenters. The minimum Gasteiger partial charge on any atom is -0.505 e. The summed E-state index contributed by atoms with van der Waals surface area (Å²) >= 11 is 5.72. The number of aromatic hydroxyl groups is 1. The fourth-order valence-corrected chi connectivity index (χ4v) is 1.42. The van der Waals surface area contributed by atoms with Crippen molar-refractivity contribution in [1.82, 2.24) is 0 Å².